The van der Waals surface area contributed by atoms with E-state index in [0.29, 0.717) is 12.8 Å². The highest BCUT2D eigenvalue weighted by atomic mass is 35.5. The van der Waals surface area contributed by atoms with Crippen molar-refractivity contribution in [2.24, 2.45) is 34.5 Å². The lowest BCUT2D eigenvalue weighted by atomic mass is 9.45. The molecule has 0 bridgehead atoms. The van der Waals surface area contributed by atoms with E-state index in [-0.39, 0.29) is 47.3 Å². The van der Waals surface area contributed by atoms with Crippen molar-refractivity contribution in [3.8, 4) is 0 Å². The van der Waals surface area contributed by atoms with E-state index in [1.807, 2.05) is 13.8 Å². The van der Waals surface area contributed by atoms with Crippen LogP contribution in [-0.2, 0) is 23.9 Å². The Morgan fingerprint density at radius 3 is 2.51 bits per heavy atom. The van der Waals surface area contributed by atoms with E-state index < -0.39 is 41.4 Å². The van der Waals surface area contributed by atoms with Gasteiger partial charge in [0.15, 0.2) is 12.2 Å². The summed E-state index contributed by atoms with van der Waals surface area (Å²) in [7, 11) is 0. The first-order valence-electron chi connectivity index (χ1n) is 13.4. The minimum Gasteiger partial charge on any atom is -0.457 e. The Morgan fingerprint density at radius 2 is 1.86 bits per heavy atom. The van der Waals surface area contributed by atoms with E-state index in [2.05, 4.69) is 13.0 Å². The first-order chi connectivity index (χ1) is 16.5. The van der Waals surface area contributed by atoms with Gasteiger partial charge in [0.2, 0.25) is 5.78 Å². The van der Waals surface area contributed by atoms with E-state index >= 15 is 0 Å². The summed E-state index contributed by atoms with van der Waals surface area (Å²) in [4.78, 5) is 38.5. The maximum absolute atomic E-state index is 13.9. The molecule has 0 aromatic heterocycles. The second-order valence-electron chi connectivity index (χ2n) is 11.8. The van der Waals surface area contributed by atoms with Crippen molar-refractivity contribution in [3.05, 3.63) is 11.6 Å². The van der Waals surface area contributed by atoms with Crippen LogP contribution in [0.4, 0.5) is 0 Å². The molecule has 0 saturated heterocycles. The Bertz CT molecular complexity index is 915. The molecule has 6 nitrogen and oxygen atoms in total. The summed E-state index contributed by atoms with van der Waals surface area (Å²) in [5, 5.41) is 11.6. The lowest BCUT2D eigenvalue weighted by Crippen LogP contribution is -2.65. The number of allylic oxidation sites excluding steroid dienone is 2. The topological polar surface area (TPSA) is 89.9 Å². The number of fused-ring (bicyclic) bond motifs is 5. The van der Waals surface area contributed by atoms with Gasteiger partial charge in [-0.05, 0) is 61.7 Å². The van der Waals surface area contributed by atoms with Crippen LogP contribution in [-0.4, -0.2) is 46.5 Å². The summed E-state index contributed by atoms with van der Waals surface area (Å²) in [5.74, 6) is -1.60. The third-order valence-corrected chi connectivity index (χ3v) is 10.6. The van der Waals surface area contributed by atoms with E-state index in [4.69, 9.17) is 21.1 Å². The van der Waals surface area contributed by atoms with Gasteiger partial charge in [0.25, 0.3) is 0 Å². The van der Waals surface area contributed by atoms with Gasteiger partial charge in [-0.1, -0.05) is 46.3 Å². The maximum atomic E-state index is 13.9. The van der Waals surface area contributed by atoms with Crippen LogP contribution in [0.15, 0.2) is 11.6 Å². The van der Waals surface area contributed by atoms with Crippen molar-refractivity contribution in [2.45, 2.75) is 103 Å². The number of esters is 2. The van der Waals surface area contributed by atoms with Gasteiger partial charge in [0.05, 0.1) is 6.10 Å². The van der Waals surface area contributed by atoms with Crippen LogP contribution in [0.1, 0.15) is 86.0 Å². The van der Waals surface area contributed by atoms with Crippen LogP contribution in [0.25, 0.3) is 0 Å². The van der Waals surface area contributed by atoms with Gasteiger partial charge >= 0.3 is 11.9 Å². The molecule has 0 spiro atoms. The number of carbonyl (C=O) groups excluding carboxylic acids is 3. The minimum absolute atomic E-state index is 0.00118. The Balaban J connectivity index is 1.78. The van der Waals surface area contributed by atoms with Crippen molar-refractivity contribution in [3.63, 3.8) is 0 Å². The number of Topliss-reactive ketones (excluding diaryl/α,β-unsaturated/α-hetero) is 1. The molecule has 0 aliphatic heterocycles. The van der Waals surface area contributed by atoms with Crippen molar-refractivity contribution < 1.29 is 29.0 Å². The quantitative estimate of drug-likeness (QED) is 0.309. The van der Waals surface area contributed by atoms with Gasteiger partial charge in [0, 0.05) is 29.6 Å². The molecule has 0 unspecified atom stereocenters. The number of ether oxygens (including phenoxy) is 2. The number of aliphatic hydroxyl groups is 1. The lowest BCUT2D eigenvalue weighted by molar-refractivity contribution is -0.207. The van der Waals surface area contributed by atoms with E-state index in [1.54, 1.807) is 13.8 Å². The zero-order valence-corrected chi connectivity index (χ0v) is 22.5. The van der Waals surface area contributed by atoms with Gasteiger partial charge < -0.3 is 14.6 Å². The van der Waals surface area contributed by atoms with Crippen molar-refractivity contribution in [2.75, 3.05) is 6.61 Å². The smallest absolute Gasteiger partial charge is 0.306 e. The number of halogens is 1. The minimum atomic E-state index is -1.47. The number of carbonyl (C=O) groups is 3. The molecule has 7 heteroatoms. The molecular formula is C28H41ClO6. The number of ketones is 1. The third kappa shape index (κ3) is 3.89. The van der Waals surface area contributed by atoms with Gasteiger partial charge in [-0.25, -0.2) is 0 Å². The van der Waals surface area contributed by atoms with Gasteiger partial charge in [0.1, 0.15) is 0 Å². The molecule has 4 aliphatic carbocycles. The standard InChI is InChI=1S/C28H41ClO6/c1-6-22(32)34-15-21(31)28(35-23(33)7-2)16(3)12-18-24-19(29)13-17-10-8-9-11-26(17,4)25(24)20(30)14-27(18,28)5/h10,16,18-20,24-25,30H,6-9,11-15H2,1-5H3/t16-,18+,19-,20+,24-,25+,26+,27+,28+/m1/s1. The molecule has 35 heavy (non-hydrogen) atoms. The second kappa shape index (κ2) is 9.48. The molecule has 0 aromatic carbocycles. The number of rotatable bonds is 6. The maximum Gasteiger partial charge on any atom is 0.306 e. The molecule has 0 amide bonds. The third-order valence-electron chi connectivity index (χ3n) is 10.1. The van der Waals surface area contributed by atoms with Gasteiger partial charge in [-0.15, -0.1) is 11.6 Å². The predicted molar refractivity (Wildman–Crippen MR) is 133 cm³/mol. The largest absolute Gasteiger partial charge is 0.457 e. The Labute approximate surface area is 214 Å². The molecule has 0 radical (unpaired) electrons. The van der Waals surface area contributed by atoms with Gasteiger partial charge in [-0.2, -0.15) is 0 Å². The Hall–Kier alpha value is -1.40. The molecule has 4 aliphatic rings. The van der Waals surface area contributed by atoms with Crippen molar-refractivity contribution >= 4 is 29.3 Å². The number of aliphatic hydroxyl groups excluding tert-OH is 1. The van der Waals surface area contributed by atoms with Crippen LogP contribution in [0.5, 0.6) is 0 Å². The highest BCUT2D eigenvalue weighted by molar-refractivity contribution is 6.21. The first-order valence-corrected chi connectivity index (χ1v) is 13.8. The monoisotopic (exact) mass is 508 g/mol. The van der Waals surface area contributed by atoms with Crippen LogP contribution < -0.4 is 0 Å². The average molecular weight is 509 g/mol. The zero-order chi connectivity index (χ0) is 25.8. The van der Waals surface area contributed by atoms with Crippen LogP contribution in [0.2, 0.25) is 0 Å². The molecule has 196 valence electrons. The van der Waals surface area contributed by atoms with Crippen LogP contribution in [0, 0.1) is 34.5 Å². The molecule has 4 rings (SSSR count). The first kappa shape index (κ1) is 26.7. The molecule has 0 aromatic rings. The fourth-order valence-electron chi connectivity index (χ4n) is 8.58. The molecular weight excluding hydrogens is 468 g/mol. The summed E-state index contributed by atoms with van der Waals surface area (Å²) in [5.41, 5.74) is -1.02. The Kier molecular flexibility index (Phi) is 7.22. The molecule has 1 N–H and O–H groups in total. The lowest BCUT2D eigenvalue weighted by Gasteiger charge is -2.62. The molecule has 0 heterocycles. The average Bonchev–Trinajstić information content (AvgIpc) is 3.03. The summed E-state index contributed by atoms with van der Waals surface area (Å²) in [6.45, 7) is 9.16. The highest BCUT2D eigenvalue weighted by Crippen LogP contribution is 2.70. The normalized spacial score (nSPS) is 44.4. The SMILES string of the molecule is CCC(=O)OCC(=O)[C@@]1(OC(=O)CC)[C@H](C)C[C@H]2[C@H]3[C@H]([C@@H](O)C[C@@]21C)[C@@]1(C)CCCC=C1C[C@H]3Cl. The summed E-state index contributed by atoms with van der Waals surface area (Å²) in [6, 6.07) is 0. The fraction of sp³-hybridized carbons (Fsp3) is 0.821. The molecule has 3 fully saturated rings. The van der Waals surface area contributed by atoms with Crippen LogP contribution in [0.3, 0.4) is 0 Å². The summed E-state index contributed by atoms with van der Waals surface area (Å²) >= 11 is 7.13. The number of alkyl halides is 1. The Morgan fingerprint density at radius 1 is 1.17 bits per heavy atom. The fourth-order valence-corrected chi connectivity index (χ4v) is 9.08. The second-order valence-corrected chi connectivity index (χ2v) is 12.4. The summed E-state index contributed by atoms with van der Waals surface area (Å²) < 4.78 is 11.4. The number of hydrogen-bond donors (Lipinski definition) is 1. The van der Waals surface area contributed by atoms with Crippen molar-refractivity contribution in [1.29, 1.82) is 0 Å². The van der Waals surface area contributed by atoms with Crippen LogP contribution >= 0.6 is 11.6 Å². The predicted octanol–water partition coefficient (Wildman–Crippen LogP) is 4.99. The van der Waals surface area contributed by atoms with E-state index in [1.165, 1.54) is 5.57 Å². The van der Waals surface area contributed by atoms with Gasteiger partial charge in [-0.3, -0.25) is 14.4 Å². The van der Waals surface area contributed by atoms with Crippen molar-refractivity contribution in [1.82, 2.24) is 0 Å². The summed E-state index contributed by atoms with van der Waals surface area (Å²) in [6.07, 6.45) is 6.94. The zero-order valence-electron chi connectivity index (χ0n) is 21.8. The number of hydrogen-bond acceptors (Lipinski definition) is 6. The van der Waals surface area contributed by atoms with E-state index in [9.17, 15) is 19.5 Å². The molecule has 3 saturated carbocycles. The van der Waals surface area contributed by atoms with E-state index in [0.717, 1.165) is 25.7 Å². The highest BCUT2D eigenvalue weighted by Gasteiger charge is 2.73. The molecule has 9 atom stereocenters.